The molecular formula is C7H15FN2. The smallest absolute Gasteiger partial charge is 0.0893 e. The normalized spacial score (nSPS) is 15.8. The standard InChI is InChI=1S/C7H14N2.FH/c1-3-8-5-6-9(4-2)7-8;/h5-6H,3-4,7H2,1-2H3;1H. The van der Waals surface area contributed by atoms with E-state index in [1.165, 1.54) is 0 Å². The van der Waals surface area contributed by atoms with Gasteiger partial charge in [0.15, 0.2) is 0 Å². The molecule has 1 heterocycles. The summed E-state index contributed by atoms with van der Waals surface area (Å²) in [4.78, 5) is 4.56. The van der Waals surface area contributed by atoms with Crippen molar-refractivity contribution in [1.82, 2.24) is 9.80 Å². The Kier molecular flexibility index (Phi) is 3.84. The summed E-state index contributed by atoms with van der Waals surface area (Å²) in [5.74, 6) is 0. The number of nitrogens with zero attached hydrogens (tertiary/aromatic N) is 2. The third kappa shape index (κ3) is 1.90. The van der Waals surface area contributed by atoms with Crippen molar-refractivity contribution >= 4 is 0 Å². The van der Waals surface area contributed by atoms with E-state index in [1.54, 1.807) is 0 Å². The van der Waals surface area contributed by atoms with Crippen LogP contribution in [-0.2, 0) is 0 Å². The second kappa shape index (κ2) is 4.14. The molecule has 2 nitrogen and oxygen atoms in total. The molecule has 1 aliphatic heterocycles. The molecule has 0 bridgehead atoms. The lowest BCUT2D eigenvalue weighted by Gasteiger charge is -2.17. The van der Waals surface area contributed by atoms with Crippen LogP contribution in [0, 0.1) is 0 Å². The van der Waals surface area contributed by atoms with Crippen LogP contribution in [0.2, 0.25) is 0 Å². The highest BCUT2D eigenvalue weighted by atomic mass is 19.0. The van der Waals surface area contributed by atoms with Crippen LogP contribution < -0.4 is 0 Å². The van der Waals surface area contributed by atoms with Gasteiger partial charge in [-0.3, -0.25) is 4.70 Å². The molecule has 0 fully saturated rings. The molecule has 0 atom stereocenters. The van der Waals surface area contributed by atoms with Crippen LogP contribution in [0.1, 0.15) is 13.8 Å². The van der Waals surface area contributed by atoms with Crippen LogP contribution in [-0.4, -0.2) is 29.6 Å². The largest absolute Gasteiger partial charge is 0.359 e. The second-order valence-corrected chi connectivity index (χ2v) is 2.25. The van der Waals surface area contributed by atoms with Gasteiger partial charge in [-0.2, -0.15) is 0 Å². The predicted octanol–water partition coefficient (Wildman–Crippen LogP) is 1.23. The molecule has 0 spiro atoms. The van der Waals surface area contributed by atoms with Crippen molar-refractivity contribution in [1.29, 1.82) is 0 Å². The molecule has 0 aromatic rings. The molecule has 0 radical (unpaired) electrons. The first-order valence-electron chi connectivity index (χ1n) is 3.53. The molecule has 10 heavy (non-hydrogen) atoms. The maximum atomic E-state index is 2.28. The van der Waals surface area contributed by atoms with Crippen molar-refractivity contribution < 1.29 is 4.70 Å². The summed E-state index contributed by atoms with van der Waals surface area (Å²) in [6, 6.07) is 0. The third-order valence-electron chi connectivity index (χ3n) is 1.66. The molecule has 0 unspecified atom stereocenters. The van der Waals surface area contributed by atoms with Crippen molar-refractivity contribution in [3.05, 3.63) is 12.4 Å². The van der Waals surface area contributed by atoms with E-state index >= 15 is 0 Å². The van der Waals surface area contributed by atoms with Crippen LogP contribution in [0.15, 0.2) is 12.4 Å². The van der Waals surface area contributed by atoms with E-state index in [0.717, 1.165) is 19.8 Å². The topological polar surface area (TPSA) is 6.48 Å². The van der Waals surface area contributed by atoms with Gasteiger partial charge in [0.05, 0.1) is 6.67 Å². The zero-order chi connectivity index (χ0) is 6.69. The average Bonchev–Trinajstić information content (AvgIpc) is 2.34. The van der Waals surface area contributed by atoms with Crippen molar-refractivity contribution in [3.8, 4) is 0 Å². The Labute approximate surface area is 61.5 Å². The summed E-state index contributed by atoms with van der Waals surface area (Å²) in [5.41, 5.74) is 0. The zero-order valence-electron chi connectivity index (χ0n) is 6.58. The maximum absolute atomic E-state index is 2.28. The van der Waals surface area contributed by atoms with Gasteiger partial charge in [-0.15, -0.1) is 0 Å². The third-order valence-corrected chi connectivity index (χ3v) is 1.66. The second-order valence-electron chi connectivity index (χ2n) is 2.25. The SMILES string of the molecule is CCN1C=CN(CC)C1.F. The summed E-state index contributed by atoms with van der Waals surface area (Å²) >= 11 is 0. The maximum Gasteiger partial charge on any atom is 0.0893 e. The van der Waals surface area contributed by atoms with Crippen LogP contribution in [0.25, 0.3) is 0 Å². The zero-order valence-corrected chi connectivity index (χ0v) is 6.58. The van der Waals surface area contributed by atoms with Crippen LogP contribution in [0.3, 0.4) is 0 Å². The van der Waals surface area contributed by atoms with Crippen molar-refractivity contribution in [2.75, 3.05) is 19.8 Å². The van der Waals surface area contributed by atoms with Crippen molar-refractivity contribution in [3.63, 3.8) is 0 Å². The van der Waals surface area contributed by atoms with E-state index in [9.17, 15) is 0 Å². The fourth-order valence-corrected chi connectivity index (χ4v) is 0.927. The number of hydrogen-bond acceptors (Lipinski definition) is 2. The number of rotatable bonds is 2. The van der Waals surface area contributed by atoms with Gasteiger partial charge in [-0.05, 0) is 13.8 Å². The van der Waals surface area contributed by atoms with E-state index in [2.05, 4.69) is 36.0 Å². The highest BCUT2D eigenvalue weighted by molar-refractivity contribution is 4.88. The predicted molar refractivity (Wildman–Crippen MR) is 41.3 cm³/mol. The Morgan fingerprint density at radius 3 is 1.70 bits per heavy atom. The van der Waals surface area contributed by atoms with E-state index in [4.69, 9.17) is 0 Å². The van der Waals surface area contributed by atoms with Gasteiger partial charge in [0.1, 0.15) is 0 Å². The molecule has 1 aliphatic rings. The minimum absolute atomic E-state index is 0. The lowest BCUT2D eigenvalue weighted by molar-refractivity contribution is 0.282. The highest BCUT2D eigenvalue weighted by Gasteiger charge is 2.06. The van der Waals surface area contributed by atoms with Crippen molar-refractivity contribution in [2.24, 2.45) is 0 Å². The van der Waals surface area contributed by atoms with Crippen LogP contribution in [0.4, 0.5) is 4.70 Å². The minimum atomic E-state index is 0. The van der Waals surface area contributed by atoms with Gasteiger partial charge in [-0.1, -0.05) is 0 Å². The summed E-state index contributed by atoms with van der Waals surface area (Å²) in [5, 5.41) is 0. The molecule has 0 amide bonds. The van der Waals surface area contributed by atoms with Gasteiger partial charge in [0.2, 0.25) is 0 Å². The monoisotopic (exact) mass is 146 g/mol. The lowest BCUT2D eigenvalue weighted by Crippen LogP contribution is -2.24. The van der Waals surface area contributed by atoms with Gasteiger partial charge in [0, 0.05) is 25.5 Å². The Hall–Kier alpha value is -0.730. The minimum Gasteiger partial charge on any atom is -0.359 e. The highest BCUT2D eigenvalue weighted by Crippen LogP contribution is 2.03. The Morgan fingerprint density at radius 1 is 1.10 bits per heavy atom. The molecule has 0 saturated carbocycles. The van der Waals surface area contributed by atoms with E-state index < -0.39 is 0 Å². The molecule has 60 valence electrons. The Morgan fingerprint density at radius 2 is 1.50 bits per heavy atom. The summed E-state index contributed by atoms with van der Waals surface area (Å²) < 4.78 is 0. The molecular weight excluding hydrogens is 131 g/mol. The van der Waals surface area contributed by atoms with Gasteiger partial charge < -0.3 is 9.80 Å². The van der Waals surface area contributed by atoms with E-state index in [0.29, 0.717) is 0 Å². The van der Waals surface area contributed by atoms with Gasteiger partial charge in [-0.25, -0.2) is 0 Å². The van der Waals surface area contributed by atoms with Crippen molar-refractivity contribution in [2.45, 2.75) is 13.8 Å². The van der Waals surface area contributed by atoms with E-state index in [1.807, 2.05) is 0 Å². The first-order chi connectivity index (χ1) is 4.36. The molecule has 0 aliphatic carbocycles. The summed E-state index contributed by atoms with van der Waals surface area (Å²) in [6.45, 7) is 7.65. The molecule has 0 N–H and O–H groups in total. The fourth-order valence-electron chi connectivity index (χ4n) is 0.927. The molecule has 0 saturated heterocycles. The number of halogens is 1. The van der Waals surface area contributed by atoms with E-state index in [-0.39, 0.29) is 4.70 Å². The molecule has 1 rings (SSSR count). The summed E-state index contributed by atoms with van der Waals surface area (Å²) in [7, 11) is 0. The first-order valence-corrected chi connectivity index (χ1v) is 3.53. The van der Waals surface area contributed by atoms with Gasteiger partial charge >= 0.3 is 0 Å². The average molecular weight is 146 g/mol. The Balaban J connectivity index is 0.000000810. The van der Waals surface area contributed by atoms with Gasteiger partial charge in [0.25, 0.3) is 0 Å². The summed E-state index contributed by atoms with van der Waals surface area (Å²) in [6.07, 6.45) is 4.28. The quantitative estimate of drug-likeness (QED) is 0.578. The first kappa shape index (κ1) is 9.27. The fraction of sp³-hybridized carbons (Fsp3) is 0.714. The molecule has 3 heteroatoms. The number of hydrogen-bond donors (Lipinski definition) is 0. The molecule has 0 aromatic heterocycles. The van der Waals surface area contributed by atoms with Crippen LogP contribution in [0.5, 0.6) is 0 Å². The van der Waals surface area contributed by atoms with Crippen LogP contribution >= 0.6 is 0 Å². The Bertz CT molecular complexity index is 102. The molecule has 0 aromatic carbocycles. The lowest BCUT2D eigenvalue weighted by atomic mass is 10.6.